The van der Waals surface area contributed by atoms with E-state index in [0.717, 1.165) is 22.4 Å². The maximum absolute atomic E-state index is 13.2. The maximum Gasteiger partial charge on any atom is 0.337 e. The molecular formula is C30H27ClN2O3S. The minimum absolute atomic E-state index is 0.0571. The first-order valence-electron chi connectivity index (χ1n) is 11.5. The van der Waals surface area contributed by atoms with Gasteiger partial charge in [0, 0.05) is 6.20 Å². The zero-order valence-corrected chi connectivity index (χ0v) is 22.3. The SMILES string of the molecule is C\C=C/C=C\C=C\N1C(=O)/C(=C/C(C)=C/C=C(\C)c2ccc(Cl)c(C(=O)O)c2)SC1=Nc1ccccc1. The highest BCUT2D eigenvalue weighted by Crippen LogP contribution is 2.34. The van der Waals surface area contributed by atoms with Gasteiger partial charge in [-0.1, -0.05) is 72.3 Å². The molecule has 37 heavy (non-hydrogen) atoms. The second-order valence-electron chi connectivity index (χ2n) is 8.03. The smallest absolute Gasteiger partial charge is 0.337 e. The molecule has 0 radical (unpaired) electrons. The molecule has 1 fully saturated rings. The lowest BCUT2D eigenvalue weighted by Crippen LogP contribution is -2.22. The van der Waals surface area contributed by atoms with Crippen LogP contribution in [0.3, 0.4) is 0 Å². The predicted octanol–water partition coefficient (Wildman–Crippen LogP) is 8.18. The molecule has 2 aromatic rings. The van der Waals surface area contributed by atoms with Gasteiger partial charge in [0.15, 0.2) is 5.17 Å². The minimum Gasteiger partial charge on any atom is -0.478 e. The number of thioether (sulfide) groups is 1. The Morgan fingerprint density at radius 1 is 1.03 bits per heavy atom. The van der Waals surface area contributed by atoms with Crippen LogP contribution in [0, 0.1) is 0 Å². The first-order valence-corrected chi connectivity index (χ1v) is 12.7. The summed E-state index contributed by atoms with van der Waals surface area (Å²) >= 11 is 7.29. The maximum atomic E-state index is 13.2. The highest BCUT2D eigenvalue weighted by Gasteiger charge is 2.31. The summed E-state index contributed by atoms with van der Waals surface area (Å²) in [6, 6.07) is 14.4. The third-order valence-corrected chi connectivity index (χ3v) is 6.50. The Morgan fingerprint density at radius 3 is 2.46 bits per heavy atom. The topological polar surface area (TPSA) is 70.0 Å². The highest BCUT2D eigenvalue weighted by molar-refractivity contribution is 8.18. The Balaban J connectivity index is 1.88. The van der Waals surface area contributed by atoms with Crippen LogP contribution >= 0.6 is 23.4 Å². The van der Waals surface area contributed by atoms with Crippen molar-refractivity contribution in [2.75, 3.05) is 0 Å². The van der Waals surface area contributed by atoms with Gasteiger partial charge in [-0.15, -0.1) is 0 Å². The van der Waals surface area contributed by atoms with Crippen LogP contribution < -0.4 is 0 Å². The third-order valence-electron chi connectivity index (χ3n) is 5.19. The molecule has 2 aromatic carbocycles. The molecule has 0 bridgehead atoms. The Hall–Kier alpha value is -3.87. The molecule has 0 aliphatic carbocycles. The molecule has 1 N–H and O–H groups in total. The molecular weight excluding hydrogens is 504 g/mol. The number of amidine groups is 1. The van der Waals surface area contributed by atoms with Crippen LogP contribution in [0.1, 0.15) is 36.7 Å². The number of aromatic carboxylic acids is 1. The lowest BCUT2D eigenvalue weighted by atomic mass is 10.0. The lowest BCUT2D eigenvalue weighted by molar-refractivity contribution is -0.120. The van der Waals surface area contributed by atoms with Crippen molar-refractivity contribution in [2.24, 2.45) is 4.99 Å². The number of allylic oxidation sites excluding steroid dienone is 10. The van der Waals surface area contributed by atoms with Crippen LogP contribution in [0.25, 0.3) is 5.57 Å². The number of halogens is 1. The van der Waals surface area contributed by atoms with Gasteiger partial charge in [-0.05, 0) is 85.7 Å². The standard InChI is InChI=1S/C30H27ClN2O3S/c1-4-5-6-7-11-18-33-28(34)27(37-30(33)32-24-12-9-8-10-13-24)19-21(2)14-15-22(3)23-16-17-26(31)25(20-23)29(35)36/h4-20H,1-3H3,(H,35,36)/b5-4-,7-6-,18-11+,21-14+,22-15+,27-19-,32-30?. The van der Waals surface area contributed by atoms with E-state index in [9.17, 15) is 14.7 Å². The molecule has 0 aromatic heterocycles. The van der Waals surface area contributed by atoms with E-state index in [4.69, 9.17) is 11.6 Å². The van der Waals surface area contributed by atoms with Crippen molar-refractivity contribution in [1.82, 2.24) is 4.90 Å². The molecule has 0 atom stereocenters. The fraction of sp³-hybridized carbons (Fsp3) is 0.100. The van der Waals surface area contributed by atoms with Gasteiger partial charge < -0.3 is 5.11 Å². The summed E-state index contributed by atoms with van der Waals surface area (Å²) in [6.07, 6.45) is 16.7. The van der Waals surface area contributed by atoms with E-state index in [1.807, 2.05) is 93.6 Å². The number of carboxylic acid groups (broad SMARTS) is 1. The molecule has 1 aliphatic rings. The number of carboxylic acids is 1. The van der Waals surface area contributed by atoms with Crippen molar-refractivity contribution in [3.63, 3.8) is 0 Å². The van der Waals surface area contributed by atoms with Crippen LogP contribution in [-0.4, -0.2) is 27.1 Å². The van der Waals surface area contributed by atoms with Gasteiger partial charge in [0.25, 0.3) is 5.91 Å². The lowest BCUT2D eigenvalue weighted by Gasteiger charge is -2.09. The summed E-state index contributed by atoms with van der Waals surface area (Å²) in [7, 11) is 0. The molecule has 0 spiro atoms. The van der Waals surface area contributed by atoms with E-state index >= 15 is 0 Å². The molecule has 188 valence electrons. The van der Waals surface area contributed by atoms with Gasteiger partial charge in [0.05, 0.1) is 21.2 Å². The molecule has 7 heteroatoms. The zero-order valence-electron chi connectivity index (χ0n) is 20.8. The van der Waals surface area contributed by atoms with E-state index < -0.39 is 5.97 Å². The number of aliphatic imine (C=N–C) groups is 1. The average Bonchev–Trinajstić information content (AvgIpc) is 3.16. The van der Waals surface area contributed by atoms with Gasteiger partial charge in [-0.25, -0.2) is 9.79 Å². The quantitative estimate of drug-likeness (QED) is 0.276. The fourth-order valence-electron chi connectivity index (χ4n) is 3.23. The van der Waals surface area contributed by atoms with Crippen molar-refractivity contribution in [3.05, 3.63) is 130 Å². The molecule has 1 amide bonds. The summed E-state index contributed by atoms with van der Waals surface area (Å²) in [4.78, 5) is 31.4. The van der Waals surface area contributed by atoms with Crippen molar-refractivity contribution in [3.8, 4) is 0 Å². The first kappa shape index (κ1) is 27.7. The van der Waals surface area contributed by atoms with Crippen LogP contribution in [0.4, 0.5) is 5.69 Å². The molecule has 0 saturated carbocycles. The van der Waals surface area contributed by atoms with Gasteiger partial charge in [-0.2, -0.15) is 0 Å². The predicted molar refractivity (Wildman–Crippen MR) is 155 cm³/mol. The van der Waals surface area contributed by atoms with E-state index in [1.54, 1.807) is 35.4 Å². The molecule has 1 heterocycles. The van der Waals surface area contributed by atoms with Crippen LogP contribution in [0.5, 0.6) is 0 Å². The fourth-order valence-corrected chi connectivity index (χ4v) is 4.44. The minimum atomic E-state index is -1.07. The number of hydrogen-bond donors (Lipinski definition) is 1. The number of rotatable bonds is 8. The van der Waals surface area contributed by atoms with Crippen molar-refractivity contribution < 1.29 is 14.7 Å². The summed E-state index contributed by atoms with van der Waals surface area (Å²) in [5.74, 6) is -1.23. The molecule has 5 nitrogen and oxygen atoms in total. The summed E-state index contributed by atoms with van der Waals surface area (Å²) < 4.78 is 0. The number of benzene rings is 2. The van der Waals surface area contributed by atoms with Crippen molar-refractivity contribution in [2.45, 2.75) is 20.8 Å². The van der Waals surface area contributed by atoms with E-state index in [0.29, 0.717) is 10.1 Å². The first-order chi connectivity index (χ1) is 17.8. The van der Waals surface area contributed by atoms with Gasteiger partial charge in [-0.3, -0.25) is 9.69 Å². The second kappa shape index (κ2) is 13.4. The van der Waals surface area contributed by atoms with Crippen LogP contribution in [-0.2, 0) is 4.79 Å². The number of para-hydroxylation sites is 1. The largest absolute Gasteiger partial charge is 0.478 e. The summed E-state index contributed by atoms with van der Waals surface area (Å²) in [5, 5.41) is 10.1. The number of carbonyl (C=O) groups excluding carboxylic acids is 1. The van der Waals surface area contributed by atoms with Crippen molar-refractivity contribution in [1.29, 1.82) is 0 Å². The average molecular weight is 531 g/mol. The molecule has 1 aliphatic heterocycles. The summed E-state index contributed by atoms with van der Waals surface area (Å²) in [5.41, 5.74) is 3.30. The third kappa shape index (κ3) is 7.81. The Labute approximate surface area is 226 Å². The van der Waals surface area contributed by atoms with Gasteiger partial charge in [0.2, 0.25) is 0 Å². The number of nitrogens with zero attached hydrogens (tertiary/aromatic N) is 2. The van der Waals surface area contributed by atoms with E-state index in [-0.39, 0.29) is 16.5 Å². The van der Waals surface area contributed by atoms with E-state index in [2.05, 4.69) is 4.99 Å². The number of carbonyl (C=O) groups is 2. The van der Waals surface area contributed by atoms with Crippen LogP contribution in [0.2, 0.25) is 5.02 Å². The zero-order chi connectivity index (χ0) is 26.8. The Morgan fingerprint density at radius 2 is 1.76 bits per heavy atom. The second-order valence-corrected chi connectivity index (χ2v) is 9.44. The number of hydrogen-bond acceptors (Lipinski definition) is 4. The molecule has 0 unspecified atom stereocenters. The summed E-state index contributed by atoms with van der Waals surface area (Å²) in [6.45, 7) is 5.73. The Kier molecular flexibility index (Phi) is 10.1. The highest BCUT2D eigenvalue weighted by atomic mass is 35.5. The van der Waals surface area contributed by atoms with Gasteiger partial charge >= 0.3 is 5.97 Å². The Bertz CT molecular complexity index is 1380. The monoisotopic (exact) mass is 530 g/mol. The molecule has 3 rings (SSSR count). The van der Waals surface area contributed by atoms with Crippen LogP contribution in [0.15, 0.2) is 119 Å². The number of amides is 1. The van der Waals surface area contributed by atoms with E-state index in [1.165, 1.54) is 11.8 Å². The van der Waals surface area contributed by atoms with Crippen molar-refractivity contribution >= 4 is 51.7 Å². The van der Waals surface area contributed by atoms with Gasteiger partial charge in [0.1, 0.15) is 0 Å². The normalized spacial score (nSPS) is 17.4. The molecule has 1 saturated heterocycles.